The second kappa shape index (κ2) is 6.25. The van der Waals surface area contributed by atoms with Crippen molar-refractivity contribution < 1.29 is 9.47 Å². The van der Waals surface area contributed by atoms with Crippen LogP contribution < -0.4 is 5.32 Å². The molecule has 1 N–H and O–H groups in total. The number of methoxy groups -OCH3 is 1. The first kappa shape index (κ1) is 14.1. The Labute approximate surface area is 121 Å². The van der Waals surface area contributed by atoms with Crippen LogP contribution in [0.15, 0.2) is 24.3 Å². The second-order valence-electron chi connectivity index (χ2n) is 6.21. The van der Waals surface area contributed by atoms with Crippen molar-refractivity contribution in [1.82, 2.24) is 5.32 Å². The highest BCUT2D eigenvalue weighted by Gasteiger charge is 2.42. The fraction of sp³-hybridized carbons (Fsp3) is 0.647. The smallest absolute Gasteiger partial charge is 0.0713 e. The minimum Gasteiger partial charge on any atom is -0.380 e. The minimum absolute atomic E-state index is 0.230. The van der Waals surface area contributed by atoms with Crippen LogP contribution in [-0.2, 0) is 22.6 Å². The zero-order valence-electron chi connectivity index (χ0n) is 12.4. The molecule has 1 atom stereocenters. The van der Waals surface area contributed by atoms with Gasteiger partial charge in [0.05, 0.1) is 12.2 Å². The highest BCUT2D eigenvalue weighted by molar-refractivity contribution is 5.23. The van der Waals surface area contributed by atoms with Crippen molar-refractivity contribution in [1.29, 1.82) is 0 Å². The summed E-state index contributed by atoms with van der Waals surface area (Å²) in [5.74, 6) is 0. The standard InChI is InChI=1S/C17H25NO2/c1-19-13-15-5-2-4-14(10-15)12-18-16-6-9-20-17(11-16)7-3-8-17/h2,4-5,10,16,18H,3,6-9,11-13H2,1H3. The molecule has 3 nitrogen and oxygen atoms in total. The van der Waals surface area contributed by atoms with E-state index in [9.17, 15) is 0 Å². The molecule has 3 rings (SSSR count). The Morgan fingerprint density at radius 3 is 2.95 bits per heavy atom. The van der Waals surface area contributed by atoms with Crippen LogP contribution in [-0.4, -0.2) is 25.4 Å². The van der Waals surface area contributed by atoms with Crippen molar-refractivity contribution in [3.8, 4) is 0 Å². The number of benzene rings is 1. The van der Waals surface area contributed by atoms with Crippen molar-refractivity contribution >= 4 is 0 Å². The van der Waals surface area contributed by atoms with Crippen LogP contribution in [0, 0.1) is 0 Å². The molecular formula is C17H25NO2. The quantitative estimate of drug-likeness (QED) is 0.896. The van der Waals surface area contributed by atoms with E-state index >= 15 is 0 Å². The van der Waals surface area contributed by atoms with Crippen molar-refractivity contribution in [2.75, 3.05) is 13.7 Å². The van der Waals surface area contributed by atoms with E-state index in [0.717, 1.165) is 19.6 Å². The topological polar surface area (TPSA) is 30.5 Å². The van der Waals surface area contributed by atoms with Gasteiger partial charge in [0.15, 0.2) is 0 Å². The van der Waals surface area contributed by atoms with Gasteiger partial charge in [0.1, 0.15) is 0 Å². The molecule has 1 aliphatic carbocycles. The molecule has 2 fully saturated rings. The highest BCUT2D eigenvalue weighted by atomic mass is 16.5. The Hall–Kier alpha value is -0.900. The lowest BCUT2D eigenvalue weighted by Crippen LogP contribution is -2.50. The van der Waals surface area contributed by atoms with Gasteiger partial charge in [-0.15, -0.1) is 0 Å². The maximum absolute atomic E-state index is 5.98. The van der Waals surface area contributed by atoms with Gasteiger partial charge in [-0.2, -0.15) is 0 Å². The van der Waals surface area contributed by atoms with Gasteiger partial charge < -0.3 is 14.8 Å². The summed E-state index contributed by atoms with van der Waals surface area (Å²) in [4.78, 5) is 0. The largest absolute Gasteiger partial charge is 0.380 e. The maximum Gasteiger partial charge on any atom is 0.0713 e. The molecule has 0 amide bonds. The van der Waals surface area contributed by atoms with E-state index in [-0.39, 0.29) is 5.60 Å². The van der Waals surface area contributed by atoms with Crippen LogP contribution >= 0.6 is 0 Å². The SMILES string of the molecule is COCc1cccc(CNC2CCOC3(CCC3)C2)c1. The molecule has 1 unspecified atom stereocenters. The van der Waals surface area contributed by atoms with E-state index in [0.29, 0.717) is 12.6 Å². The lowest BCUT2D eigenvalue weighted by molar-refractivity contribution is -0.135. The van der Waals surface area contributed by atoms with E-state index in [2.05, 4.69) is 29.6 Å². The van der Waals surface area contributed by atoms with Gasteiger partial charge in [0, 0.05) is 26.3 Å². The average Bonchev–Trinajstić information content (AvgIpc) is 2.45. The summed E-state index contributed by atoms with van der Waals surface area (Å²) >= 11 is 0. The highest BCUT2D eigenvalue weighted by Crippen LogP contribution is 2.42. The van der Waals surface area contributed by atoms with E-state index < -0.39 is 0 Å². The molecule has 1 saturated carbocycles. The zero-order valence-corrected chi connectivity index (χ0v) is 12.4. The predicted octanol–water partition coefficient (Wildman–Crippen LogP) is 3.02. The van der Waals surface area contributed by atoms with Crippen molar-refractivity contribution in [2.45, 2.75) is 56.9 Å². The first-order valence-corrected chi connectivity index (χ1v) is 7.74. The van der Waals surface area contributed by atoms with E-state index in [1.807, 2.05) is 0 Å². The van der Waals surface area contributed by atoms with E-state index in [1.54, 1.807) is 7.11 Å². The molecule has 3 heteroatoms. The number of ether oxygens (including phenoxy) is 2. The van der Waals surface area contributed by atoms with Gasteiger partial charge in [0.2, 0.25) is 0 Å². The molecule has 0 aromatic heterocycles. The predicted molar refractivity (Wildman–Crippen MR) is 79.6 cm³/mol. The van der Waals surface area contributed by atoms with Crippen LogP contribution in [0.2, 0.25) is 0 Å². The summed E-state index contributed by atoms with van der Waals surface area (Å²) in [6.07, 6.45) is 6.18. The fourth-order valence-electron chi connectivity index (χ4n) is 3.38. The monoisotopic (exact) mass is 275 g/mol. The summed E-state index contributed by atoms with van der Waals surface area (Å²) in [6.45, 7) is 2.55. The molecule has 110 valence electrons. The molecule has 1 heterocycles. The normalized spacial score (nSPS) is 24.6. The van der Waals surface area contributed by atoms with Crippen LogP contribution in [0.4, 0.5) is 0 Å². The first-order chi connectivity index (χ1) is 9.80. The fourth-order valence-corrected chi connectivity index (χ4v) is 3.38. The molecule has 2 aliphatic rings. The summed E-state index contributed by atoms with van der Waals surface area (Å²) in [6, 6.07) is 9.25. The first-order valence-electron chi connectivity index (χ1n) is 7.74. The third kappa shape index (κ3) is 3.22. The molecule has 1 aliphatic heterocycles. The average molecular weight is 275 g/mol. The van der Waals surface area contributed by atoms with Crippen molar-refractivity contribution in [2.24, 2.45) is 0 Å². The lowest BCUT2D eigenvalue weighted by atomic mass is 9.74. The lowest BCUT2D eigenvalue weighted by Gasteiger charge is -2.47. The summed E-state index contributed by atoms with van der Waals surface area (Å²) in [5, 5.41) is 3.71. The molecule has 1 aromatic carbocycles. The second-order valence-corrected chi connectivity index (χ2v) is 6.21. The Kier molecular flexibility index (Phi) is 4.39. The summed E-state index contributed by atoms with van der Waals surface area (Å²) in [5.41, 5.74) is 2.82. The van der Waals surface area contributed by atoms with Gasteiger partial charge in [-0.3, -0.25) is 0 Å². The third-order valence-electron chi connectivity index (χ3n) is 4.66. The third-order valence-corrected chi connectivity index (χ3v) is 4.66. The number of hydrogen-bond donors (Lipinski definition) is 1. The molecule has 1 saturated heterocycles. The van der Waals surface area contributed by atoms with Crippen LogP contribution in [0.1, 0.15) is 43.2 Å². The van der Waals surface area contributed by atoms with Crippen LogP contribution in [0.3, 0.4) is 0 Å². The zero-order chi connectivity index (χ0) is 13.8. The van der Waals surface area contributed by atoms with Gasteiger partial charge in [0.25, 0.3) is 0 Å². The number of nitrogens with one attached hydrogen (secondary N) is 1. The molecule has 20 heavy (non-hydrogen) atoms. The van der Waals surface area contributed by atoms with Gasteiger partial charge in [-0.25, -0.2) is 0 Å². The Morgan fingerprint density at radius 2 is 2.20 bits per heavy atom. The van der Waals surface area contributed by atoms with E-state index in [4.69, 9.17) is 9.47 Å². The van der Waals surface area contributed by atoms with Gasteiger partial charge in [-0.1, -0.05) is 24.3 Å². The number of hydrogen-bond acceptors (Lipinski definition) is 3. The molecule has 1 aromatic rings. The maximum atomic E-state index is 5.98. The Bertz CT molecular complexity index is 442. The van der Waals surface area contributed by atoms with Crippen molar-refractivity contribution in [3.05, 3.63) is 35.4 Å². The Balaban J connectivity index is 1.52. The summed E-state index contributed by atoms with van der Waals surface area (Å²) < 4.78 is 11.2. The van der Waals surface area contributed by atoms with Crippen LogP contribution in [0.25, 0.3) is 0 Å². The van der Waals surface area contributed by atoms with Gasteiger partial charge >= 0.3 is 0 Å². The van der Waals surface area contributed by atoms with Crippen molar-refractivity contribution in [3.63, 3.8) is 0 Å². The molecular weight excluding hydrogens is 250 g/mol. The van der Waals surface area contributed by atoms with Gasteiger partial charge in [-0.05, 0) is 43.2 Å². The molecule has 0 radical (unpaired) electrons. The van der Waals surface area contributed by atoms with E-state index in [1.165, 1.54) is 36.8 Å². The van der Waals surface area contributed by atoms with Crippen LogP contribution in [0.5, 0.6) is 0 Å². The summed E-state index contributed by atoms with van der Waals surface area (Å²) in [7, 11) is 1.74. The number of rotatable bonds is 5. The Morgan fingerprint density at radius 1 is 1.35 bits per heavy atom. The minimum atomic E-state index is 0.230. The molecule has 1 spiro atoms. The molecule has 0 bridgehead atoms.